The van der Waals surface area contributed by atoms with Gasteiger partial charge in [0.25, 0.3) is 0 Å². The van der Waals surface area contributed by atoms with Crippen LogP contribution in [0.25, 0.3) is 0 Å². The Morgan fingerprint density at radius 1 is 1.44 bits per heavy atom. The highest BCUT2D eigenvalue weighted by Crippen LogP contribution is 2.21. The molecule has 0 aliphatic carbocycles. The molecule has 0 radical (unpaired) electrons. The summed E-state index contributed by atoms with van der Waals surface area (Å²) in [4.78, 5) is 13.8. The number of hydrogen-bond acceptors (Lipinski definition) is 4. The number of ether oxygens (including phenoxy) is 1. The van der Waals surface area contributed by atoms with Crippen LogP contribution in [0.4, 0.5) is 0 Å². The van der Waals surface area contributed by atoms with E-state index in [4.69, 9.17) is 10.00 Å². The van der Waals surface area contributed by atoms with Crippen molar-refractivity contribution >= 4 is 5.97 Å². The van der Waals surface area contributed by atoms with Gasteiger partial charge in [0, 0.05) is 0 Å². The molecular formula is C14H18N2O2. The number of nitriles is 1. The van der Waals surface area contributed by atoms with E-state index in [0.29, 0.717) is 5.56 Å². The van der Waals surface area contributed by atoms with Crippen LogP contribution in [0, 0.1) is 11.3 Å². The molecule has 1 aromatic carbocycles. The number of likely N-dealkylation sites (N-methyl/N-ethyl adjacent to an activating group) is 1. The first-order chi connectivity index (χ1) is 8.63. The van der Waals surface area contributed by atoms with E-state index in [1.165, 1.54) is 7.11 Å². The lowest BCUT2D eigenvalue weighted by molar-refractivity contribution is -0.146. The molecule has 0 saturated carbocycles. The largest absolute Gasteiger partial charge is 0.468 e. The molecule has 1 aromatic rings. The van der Waals surface area contributed by atoms with Crippen LogP contribution in [0.5, 0.6) is 0 Å². The molecule has 0 aromatic heterocycles. The van der Waals surface area contributed by atoms with Gasteiger partial charge in [0.05, 0.1) is 18.7 Å². The van der Waals surface area contributed by atoms with E-state index < -0.39 is 6.04 Å². The third-order valence-electron chi connectivity index (χ3n) is 2.80. The maximum Gasteiger partial charge on any atom is 0.327 e. The van der Waals surface area contributed by atoms with Crippen LogP contribution in [0.15, 0.2) is 24.3 Å². The van der Waals surface area contributed by atoms with Gasteiger partial charge in [-0.15, -0.1) is 0 Å². The van der Waals surface area contributed by atoms with E-state index in [9.17, 15) is 4.79 Å². The predicted octanol–water partition coefficient (Wildman–Crippen LogP) is 2.11. The average molecular weight is 246 g/mol. The summed E-state index contributed by atoms with van der Waals surface area (Å²) < 4.78 is 4.85. The first kappa shape index (κ1) is 14.2. The van der Waals surface area contributed by atoms with Crippen molar-refractivity contribution in [1.82, 2.24) is 4.90 Å². The summed E-state index contributed by atoms with van der Waals surface area (Å²) in [5.41, 5.74) is 1.43. The summed E-state index contributed by atoms with van der Waals surface area (Å²) in [5.74, 6) is -0.282. The molecule has 0 N–H and O–H groups in total. The minimum Gasteiger partial charge on any atom is -0.468 e. The average Bonchev–Trinajstić information content (AvgIpc) is 2.40. The third-order valence-corrected chi connectivity index (χ3v) is 2.80. The van der Waals surface area contributed by atoms with Gasteiger partial charge in [-0.05, 0) is 37.7 Å². The fourth-order valence-corrected chi connectivity index (χ4v) is 1.90. The van der Waals surface area contributed by atoms with E-state index >= 15 is 0 Å². The molecule has 1 atom stereocenters. The van der Waals surface area contributed by atoms with Crippen LogP contribution in [0.1, 0.15) is 30.5 Å². The Kier molecular flexibility index (Phi) is 5.34. The van der Waals surface area contributed by atoms with E-state index in [0.717, 1.165) is 18.5 Å². The van der Waals surface area contributed by atoms with Crippen molar-refractivity contribution in [2.75, 3.05) is 20.7 Å². The van der Waals surface area contributed by atoms with Gasteiger partial charge in [-0.1, -0.05) is 19.1 Å². The van der Waals surface area contributed by atoms with Crippen molar-refractivity contribution in [2.24, 2.45) is 0 Å². The van der Waals surface area contributed by atoms with Crippen molar-refractivity contribution in [3.05, 3.63) is 35.4 Å². The molecule has 96 valence electrons. The lowest BCUT2D eigenvalue weighted by Gasteiger charge is -2.25. The lowest BCUT2D eigenvalue weighted by atomic mass is 10.0. The Hall–Kier alpha value is -1.86. The molecule has 18 heavy (non-hydrogen) atoms. The van der Waals surface area contributed by atoms with Crippen molar-refractivity contribution < 1.29 is 9.53 Å². The topological polar surface area (TPSA) is 53.3 Å². The number of hydrogen-bond donors (Lipinski definition) is 0. The molecule has 0 amide bonds. The van der Waals surface area contributed by atoms with Gasteiger partial charge in [-0.2, -0.15) is 5.26 Å². The molecule has 0 fully saturated rings. The zero-order valence-corrected chi connectivity index (χ0v) is 11.0. The Balaban J connectivity index is 3.01. The fraction of sp³-hybridized carbons (Fsp3) is 0.429. The smallest absolute Gasteiger partial charge is 0.327 e. The lowest BCUT2D eigenvalue weighted by Crippen LogP contribution is -2.32. The van der Waals surface area contributed by atoms with E-state index in [2.05, 4.69) is 13.0 Å². The normalized spacial score (nSPS) is 11.9. The molecule has 0 aliphatic heterocycles. The number of nitrogens with zero attached hydrogens (tertiary/aromatic N) is 2. The third kappa shape index (κ3) is 3.31. The first-order valence-corrected chi connectivity index (χ1v) is 5.92. The second kappa shape index (κ2) is 6.77. The van der Waals surface area contributed by atoms with E-state index in [-0.39, 0.29) is 5.97 Å². The second-order valence-corrected chi connectivity index (χ2v) is 4.14. The summed E-state index contributed by atoms with van der Waals surface area (Å²) in [6.45, 7) is 2.86. The van der Waals surface area contributed by atoms with Crippen LogP contribution in [-0.2, 0) is 9.53 Å². The van der Waals surface area contributed by atoms with Gasteiger partial charge in [-0.25, -0.2) is 4.79 Å². The number of carbonyl (C=O) groups is 1. The molecule has 0 heterocycles. The maximum atomic E-state index is 11.9. The second-order valence-electron chi connectivity index (χ2n) is 4.14. The number of carbonyl (C=O) groups excluding carboxylic acids is 1. The van der Waals surface area contributed by atoms with Gasteiger partial charge < -0.3 is 4.74 Å². The van der Waals surface area contributed by atoms with Gasteiger partial charge in [0.15, 0.2) is 0 Å². The molecule has 4 nitrogen and oxygen atoms in total. The van der Waals surface area contributed by atoms with Gasteiger partial charge in [0.1, 0.15) is 6.04 Å². The number of esters is 1. The quantitative estimate of drug-likeness (QED) is 0.747. The Bertz CT molecular complexity index is 434. The Morgan fingerprint density at radius 2 is 2.06 bits per heavy atom. The predicted molar refractivity (Wildman–Crippen MR) is 68.8 cm³/mol. The van der Waals surface area contributed by atoms with Crippen molar-refractivity contribution in [3.8, 4) is 6.07 Å². The minimum atomic E-state index is -0.414. The summed E-state index contributed by atoms with van der Waals surface area (Å²) in [6.07, 6.45) is 0.959. The molecule has 0 bridgehead atoms. The van der Waals surface area contributed by atoms with Crippen molar-refractivity contribution in [2.45, 2.75) is 19.4 Å². The van der Waals surface area contributed by atoms with Crippen molar-refractivity contribution in [1.29, 1.82) is 5.26 Å². The zero-order chi connectivity index (χ0) is 13.5. The first-order valence-electron chi connectivity index (χ1n) is 5.92. The van der Waals surface area contributed by atoms with Gasteiger partial charge in [-0.3, -0.25) is 4.90 Å². The SMILES string of the molecule is CCCN(C)C(C(=O)OC)c1ccc(C#N)cc1. The monoisotopic (exact) mass is 246 g/mol. The Labute approximate surface area is 108 Å². The van der Waals surface area contributed by atoms with Crippen LogP contribution >= 0.6 is 0 Å². The van der Waals surface area contributed by atoms with E-state index in [1.54, 1.807) is 24.3 Å². The summed E-state index contributed by atoms with van der Waals surface area (Å²) in [6, 6.07) is 8.67. The number of methoxy groups -OCH3 is 1. The highest BCUT2D eigenvalue weighted by atomic mass is 16.5. The molecule has 0 saturated heterocycles. The van der Waals surface area contributed by atoms with Crippen LogP contribution < -0.4 is 0 Å². The zero-order valence-electron chi connectivity index (χ0n) is 11.0. The van der Waals surface area contributed by atoms with Gasteiger partial charge >= 0.3 is 5.97 Å². The molecular weight excluding hydrogens is 228 g/mol. The number of rotatable bonds is 5. The summed E-state index contributed by atoms with van der Waals surface area (Å²) in [5, 5.41) is 8.76. The standard InChI is InChI=1S/C14H18N2O2/c1-4-9-16(2)13(14(17)18-3)12-7-5-11(10-15)6-8-12/h5-8,13H,4,9H2,1-3H3. The fourth-order valence-electron chi connectivity index (χ4n) is 1.90. The summed E-state index contributed by atoms with van der Waals surface area (Å²) in [7, 11) is 3.28. The van der Waals surface area contributed by atoms with Crippen LogP contribution in [0.3, 0.4) is 0 Å². The minimum absolute atomic E-state index is 0.282. The summed E-state index contributed by atoms with van der Waals surface area (Å²) >= 11 is 0. The molecule has 0 aliphatic rings. The maximum absolute atomic E-state index is 11.9. The highest BCUT2D eigenvalue weighted by molar-refractivity contribution is 5.77. The number of benzene rings is 1. The van der Waals surface area contributed by atoms with Crippen LogP contribution in [-0.4, -0.2) is 31.6 Å². The van der Waals surface area contributed by atoms with Gasteiger partial charge in [0.2, 0.25) is 0 Å². The Morgan fingerprint density at radius 3 is 2.50 bits per heavy atom. The molecule has 1 rings (SSSR count). The van der Waals surface area contributed by atoms with Crippen molar-refractivity contribution in [3.63, 3.8) is 0 Å². The molecule has 0 spiro atoms. The molecule has 4 heteroatoms. The molecule has 1 unspecified atom stereocenters. The van der Waals surface area contributed by atoms with E-state index in [1.807, 2.05) is 11.9 Å². The van der Waals surface area contributed by atoms with Crippen LogP contribution in [0.2, 0.25) is 0 Å². The highest BCUT2D eigenvalue weighted by Gasteiger charge is 2.25.